The highest BCUT2D eigenvalue weighted by molar-refractivity contribution is 8.03. The number of nitriles is 1. The molecule has 0 aliphatic heterocycles. The van der Waals surface area contributed by atoms with Crippen LogP contribution >= 0.6 is 11.8 Å². The summed E-state index contributed by atoms with van der Waals surface area (Å²) in [6, 6.07) is 6.50. The third-order valence-corrected chi connectivity index (χ3v) is 3.81. The van der Waals surface area contributed by atoms with E-state index < -0.39 is 0 Å². The molecule has 0 radical (unpaired) electrons. The van der Waals surface area contributed by atoms with Crippen molar-refractivity contribution in [1.82, 2.24) is 0 Å². The Hall–Kier alpha value is -1.14. The molecule has 0 fully saturated rings. The minimum Gasteiger partial charge on any atom is -0.494 e. The normalized spacial score (nSPS) is 12.2. The Morgan fingerprint density at radius 3 is 2.63 bits per heavy atom. The fraction of sp³-hybridized carbons (Fsp3) is 0.562. The number of hydrogen-bond donors (Lipinski definition) is 0. The Balaban J connectivity index is 2.85. The van der Waals surface area contributed by atoms with Gasteiger partial charge in [-0.1, -0.05) is 32.9 Å². The van der Waals surface area contributed by atoms with E-state index in [1.54, 1.807) is 0 Å². The molecule has 3 heteroatoms. The molecule has 1 rings (SSSR count). The van der Waals surface area contributed by atoms with Gasteiger partial charge in [0.15, 0.2) is 0 Å². The predicted octanol–water partition coefficient (Wildman–Crippen LogP) is 4.92. The number of thiocyanates is 1. The van der Waals surface area contributed by atoms with Gasteiger partial charge in [0.25, 0.3) is 0 Å². The van der Waals surface area contributed by atoms with E-state index in [1.807, 2.05) is 6.92 Å². The van der Waals surface area contributed by atoms with Crippen molar-refractivity contribution >= 4 is 11.8 Å². The van der Waals surface area contributed by atoms with Crippen molar-refractivity contribution < 1.29 is 4.74 Å². The summed E-state index contributed by atoms with van der Waals surface area (Å²) in [5, 5.41) is 10.7. The van der Waals surface area contributed by atoms with E-state index in [0.29, 0.717) is 18.4 Å². The summed E-state index contributed by atoms with van der Waals surface area (Å²) >= 11 is 1.33. The van der Waals surface area contributed by atoms with E-state index in [0.717, 1.165) is 17.9 Å². The first-order chi connectivity index (χ1) is 9.10. The zero-order chi connectivity index (χ0) is 14.3. The van der Waals surface area contributed by atoms with Gasteiger partial charge in [-0.25, -0.2) is 0 Å². The molecule has 1 atom stereocenters. The third kappa shape index (κ3) is 4.80. The van der Waals surface area contributed by atoms with Crippen LogP contribution in [0.4, 0.5) is 0 Å². The van der Waals surface area contributed by atoms with Gasteiger partial charge in [0, 0.05) is 5.75 Å². The highest BCUT2D eigenvalue weighted by atomic mass is 32.2. The monoisotopic (exact) mass is 277 g/mol. The molecule has 0 bridgehead atoms. The second-order valence-corrected chi connectivity index (χ2v) is 5.89. The van der Waals surface area contributed by atoms with E-state index >= 15 is 0 Å². The SMILES string of the molecule is CCOc1ccc(C(C)CCSC#N)cc1C(C)C. The maximum Gasteiger partial charge on any atom is 0.133 e. The van der Waals surface area contributed by atoms with Crippen LogP contribution < -0.4 is 4.74 Å². The van der Waals surface area contributed by atoms with Crippen molar-refractivity contribution in [3.05, 3.63) is 29.3 Å². The number of rotatable bonds is 7. The molecule has 104 valence electrons. The van der Waals surface area contributed by atoms with Crippen molar-refractivity contribution in [2.45, 2.75) is 46.0 Å². The number of hydrogen-bond acceptors (Lipinski definition) is 3. The summed E-state index contributed by atoms with van der Waals surface area (Å²) in [5.74, 6) is 2.83. The molecule has 1 aromatic rings. The molecule has 0 amide bonds. The van der Waals surface area contributed by atoms with Gasteiger partial charge in [-0.15, -0.1) is 0 Å². The van der Waals surface area contributed by atoms with E-state index in [9.17, 15) is 0 Å². The highest BCUT2D eigenvalue weighted by Crippen LogP contribution is 2.31. The molecule has 0 spiro atoms. The van der Waals surface area contributed by atoms with Crippen LogP contribution in [-0.4, -0.2) is 12.4 Å². The first-order valence-corrected chi connectivity index (χ1v) is 7.86. The fourth-order valence-electron chi connectivity index (χ4n) is 2.06. The van der Waals surface area contributed by atoms with Gasteiger partial charge in [-0.3, -0.25) is 0 Å². The Bertz CT molecular complexity index is 437. The van der Waals surface area contributed by atoms with Crippen molar-refractivity contribution in [3.63, 3.8) is 0 Å². The third-order valence-electron chi connectivity index (χ3n) is 3.24. The summed E-state index contributed by atoms with van der Waals surface area (Å²) in [6.45, 7) is 9.32. The summed E-state index contributed by atoms with van der Waals surface area (Å²) in [5.41, 5.74) is 2.62. The Morgan fingerprint density at radius 1 is 1.32 bits per heavy atom. The van der Waals surface area contributed by atoms with Crippen LogP contribution in [0.2, 0.25) is 0 Å². The average Bonchev–Trinajstić information content (AvgIpc) is 2.39. The molecule has 0 N–H and O–H groups in total. The topological polar surface area (TPSA) is 33.0 Å². The van der Waals surface area contributed by atoms with Crippen LogP contribution in [0, 0.1) is 10.7 Å². The van der Waals surface area contributed by atoms with E-state index in [-0.39, 0.29) is 0 Å². The van der Waals surface area contributed by atoms with Crippen LogP contribution in [0.15, 0.2) is 18.2 Å². The summed E-state index contributed by atoms with van der Waals surface area (Å²) < 4.78 is 5.68. The second-order valence-electron chi connectivity index (χ2n) is 5.01. The molecule has 0 aliphatic carbocycles. The lowest BCUT2D eigenvalue weighted by molar-refractivity contribution is 0.335. The van der Waals surface area contributed by atoms with Gasteiger partial charge < -0.3 is 4.74 Å². The molecule has 2 nitrogen and oxygen atoms in total. The molecule has 0 aromatic heterocycles. The molecular formula is C16H23NOS. The van der Waals surface area contributed by atoms with Crippen LogP contribution in [-0.2, 0) is 0 Å². The van der Waals surface area contributed by atoms with Crippen molar-refractivity contribution in [2.75, 3.05) is 12.4 Å². The standard InChI is InChI=1S/C16H23NOS/c1-5-18-16-7-6-14(10-15(16)12(2)3)13(4)8-9-19-11-17/h6-7,10,12-13H,5,8-9H2,1-4H3. The number of benzene rings is 1. The largest absolute Gasteiger partial charge is 0.494 e. The maximum atomic E-state index is 8.56. The van der Waals surface area contributed by atoms with Crippen molar-refractivity contribution in [2.24, 2.45) is 0 Å². The highest BCUT2D eigenvalue weighted by Gasteiger charge is 2.12. The molecule has 0 aliphatic rings. The minimum absolute atomic E-state index is 0.460. The van der Waals surface area contributed by atoms with Crippen LogP contribution in [0.1, 0.15) is 57.1 Å². The number of ether oxygens (including phenoxy) is 1. The van der Waals surface area contributed by atoms with Gasteiger partial charge in [0.2, 0.25) is 0 Å². The lowest BCUT2D eigenvalue weighted by atomic mass is 9.93. The van der Waals surface area contributed by atoms with Gasteiger partial charge in [-0.05, 0) is 54.1 Å². The fourth-order valence-corrected chi connectivity index (χ4v) is 2.62. The number of thioether (sulfide) groups is 1. The molecule has 0 heterocycles. The predicted molar refractivity (Wildman–Crippen MR) is 82.8 cm³/mol. The second kappa shape index (κ2) is 8.12. The van der Waals surface area contributed by atoms with Gasteiger partial charge in [0.05, 0.1) is 6.61 Å². The summed E-state index contributed by atoms with van der Waals surface area (Å²) in [4.78, 5) is 0. The Kier molecular flexibility index (Phi) is 6.80. The molecular weight excluding hydrogens is 254 g/mol. The molecule has 0 saturated carbocycles. The van der Waals surface area contributed by atoms with Crippen LogP contribution in [0.5, 0.6) is 5.75 Å². The van der Waals surface area contributed by atoms with Crippen LogP contribution in [0.25, 0.3) is 0 Å². The minimum atomic E-state index is 0.460. The average molecular weight is 277 g/mol. The summed E-state index contributed by atoms with van der Waals surface area (Å²) in [6.07, 6.45) is 1.03. The zero-order valence-electron chi connectivity index (χ0n) is 12.3. The van der Waals surface area contributed by atoms with Gasteiger partial charge in [0.1, 0.15) is 11.2 Å². The molecule has 19 heavy (non-hydrogen) atoms. The Morgan fingerprint density at radius 2 is 2.05 bits per heavy atom. The van der Waals surface area contributed by atoms with E-state index in [2.05, 4.69) is 44.4 Å². The quantitative estimate of drug-likeness (QED) is 0.524. The maximum absolute atomic E-state index is 8.56. The van der Waals surface area contributed by atoms with E-state index in [1.165, 1.54) is 22.9 Å². The molecule has 1 unspecified atom stereocenters. The van der Waals surface area contributed by atoms with Crippen molar-refractivity contribution in [1.29, 1.82) is 5.26 Å². The van der Waals surface area contributed by atoms with E-state index in [4.69, 9.17) is 10.00 Å². The zero-order valence-corrected chi connectivity index (χ0v) is 13.1. The smallest absolute Gasteiger partial charge is 0.133 e. The lowest BCUT2D eigenvalue weighted by Crippen LogP contribution is -2.02. The molecule has 0 saturated heterocycles. The van der Waals surface area contributed by atoms with Crippen molar-refractivity contribution in [3.8, 4) is 11.2 Å². The number of nitrogens with zero attached hydrogens (tertiary/aromatic N) is 1. The van der Waals surface area contributed by atoms with Gasteiger partial charge >= 0.3 is 0 Å². The first-order valence-electron chi connectivity index (χ1n) is 6.87. The van der Waals surface area contributed by atoms with Crippen LogP contribution in [0.3, 0.4) is 0 Å². The van der Waals surface area contributed by atoms with Gasteiger partial charge in [-0.2, -0.15) is 5.26 Å². The Labute approximate surface area is 121 Å². The summed E-state index contributed by atoms with van der Waals surface area (Å²) in [7, 11) is 0. The first kappa shape index (κ1) is 15.9. The lowest BCUT2D eigenvalue weighted by Gasteiger charge is -2.17. The molecule has 1 aromatic carbocycles.